The van der Waals surface area contributed by atoms with Crippen molar-refractivity contribution in [3.63, 3.8) is 0 Å². The minimum atomic E-state index is -0.198. The van der Waals surface area contributed by atoms with Gasteiger partial charge in [-0.25, -0.2) is 4.98 Å². The number of hydrogen-bond acceptors (Lipinski definition) is 5. The largest absolute Gasteiger partial charge is 0.333 e. The van der Waals surface area contributed by atoms with Crippen molar-refractivity contribution in [1.82, 2.24) is 19.8 Å². The van der Waals surface area contributed by atoms with Crippen molar-refractivity contribution >= 4 is 23.2 Å². The fourth-order valence-electron chi connectivity index (χ4n) is 4.14. The molecule has 29 heavy (non-hydrogen) atoms. The average molecular weight is 415 g/mol. The van der Waals surface area contributed by atoms with E-state index in [2.05, 4.69) is 4.98 Å². The number of piperidine rings is 1. The summed E-state index contributed by atoms with van der Waals surface area (Å²) in [5.74, 6) is 0.551. The van der Waals surface area contributed by atoms with Crippen LogP contribution in [0.4, 0.5) is 0 Å². The number of nitrogens with one attached hydrogen (secondary N) is 1. The van der Waals surface area contributed by atoms with Gasteiger partial charge in [0.2, 0.25) is 5.91 Å². The summed E-state index contributed by atoms with van der Waals surface area (Å²) in [5.41, 5.74) is 1.11. The van der Waals surface area contributed by atoms with Crippen LogP contribution in [0.1, 0.15) is 65.9 Å². The average Bonchev–Trinajstić information content (AvgIpc) is 3.27. The molecule has 7 nitrogen and oxygen atoms in total. The molecule has 4 rings (SSSR count). The summed E-state index contributed by atoms with van der Waals surface area (Å²) in [7, 11) is 0. The van der Waals surface area contributed by atoms with Crippen LogP contribution in [0.15, 0.2) is 22.3 Å². The smallest absolute Gasteiger partial charge is 0.264 e. The molecule has 0 spiro atoms. The van der Waals surface area contributed by atoms with Crippen molar-refractivity contribution in [2.45, 2.75) is 52.1 Å². The minimum absolute atomic E-state index is 0.0462. The van der Waals surface area contributed by atoms with Crippen LogP contribution in [0.5, 0.6) is 0 Å². The molecule has 2 aromatic rings. The monoisotopic (exact) mass is 414 g/mol. The number of hydrogen-bond donors (Lipinski definition) is 1. The molecule has 154 valence electrons. The number of carbonyl (C=O) groups excluding carboxylic acids is 2. The predicted molar refractivity (Wildman–Crippen MR) is 111 cm³/mol. The molecule has 0 saturated carbocycles. The van der Waals surface area contributed by atoms with Crippen LogP contribution in [0, 0.1) is 5.92 Å². The molecule has 1 N–H and O–H groups in total. The molecule has 0 radical (unpaired) electrons. The van der Waals surface area contributed by atoms with Crippen LogP contribution in [-0.4, -0.2) is 44.7 Å². The Hall–Kier alpha value is -2.48. The Morgan fingerprint density at radius 2 is 2.10 bits per heavy atom. The predicted octanol–water partition coefficient (Wildman–Crippen LogP) is 2.74. The van der Waals surface area contributed by atoms with Crippen molar-refractivity contribution < 1.29 is 9.59 Å². The van der Waals surface area contributed by atoms with Gasteiger partial charge in [0.15, 0.2) is 0 Å². The number of amides is 2. The number of carbonyl (C=O) groups is 2. The first-order valence-corrected chi connectivity index (χ1v) is 11.1. The summed E-state index contributed by atoms with van der Waals surface area (Å²) in [6.07, 6.45) is 3.34. The van der Waals surface area contributed by atoms with Crippen LogP contribution in [-0.2, 0) is 17.8 Å². The van der Waals surface area contributed by atoms with Crippen molar-refractivity contribution in [3.05, 3.63) is 49.8 Å². The molecule has 0 bridgehead atoms. The van der Waals surface area contributed by atoms with E-state index in [9.17, 15) is 14.4 Å². The number of thiophene rings is 1. The number of aromatic nitrogens is 2. The molecule has 1 saturated heterocycles. The normalized spacial score (nSPS) is 19.3. The van der Waals surface area contributed by atoms with Gasteiger partial charge in [0.25, 0.3) is 11.5 Å². The van der Waals surface area contributed by atoms with Gasteiger partial charge in [-0.05, 0) is 30.7 Å². The second-order valence-electron chi connectivity index (χ2n) is 8.03. The molecule has 2 aromatic heterocycles. The van der Waals surface area contributed by atoms with E-state index in [0.29, 0.717) is 35.8 Å². The highest BCUT2D eigenvalue weighted by atomic mass is 32.1. The van der Waals surface area contributed by atoms with Gasteiger partial charge >= 0.3 is 0 Å². The summed E-state index contributed by atoms with van der Waals surface area (Å²) in [4.78, 5) is 50.1. The number of H-pyrrole nitrogens is 1. The highest BCUT2D eigenvalue weighted by Gasteiger charge is 2.33. The molecule has 0 unspecified atom stereocenters. The van der Waals surface area contributed by atoms with Gasteiger partial charge in [0.1, 0.15) is 5.82 Å². The standard InChI is InChI=1S/C21H26N4O3S/c1-13(2)20(27)25-9-4-3-6-16(25)18-22-15-8-10-24(12-14(15)19(26)23-18)21(28)17-7-5-11-29-17/h5,7,11,13,16H,3-4,6,8-10,12H2,1-2H3,(H,22,23,26)/t16-/m1/s1. The molecule has 1 atom stereocenters. The summed E-state index contributed by atoms with van der Waals surface area (Å²) in [6.45, 7) is 5.31. The van der Waals surface area contributed by atoms with Crippen molar-refractivity contribution in [1.29, 1.82) is 0 Å². The van der Waals surface area contributed by atoms with E-state index in [4.69, 9.17) is 4.98 Å². The summed E-state index contributed by atoms with van der Waals surface area (Å²) in [5, 5.41) is 1.88. The van der Waals surface area contributed by atoms with Gasteiger partial charge in [-0.2, -0.15) is 0 Å². The molecule has 0 aliphatic carbocycles. The van der Waals surface area contributed by atoms with E-state index in [1.165, 1.54) is 11.3 Å². The Kier molecular flexibility index (Phi) is 5.54. The first-order valence-electron chi connectivity index (χ1n) is 10.2. The van der Waals surface area contributed by atoms with Crippen LogP contribution < -0.4 is 5.56 Å². The van der Waals surface area contributed by atoms with Gasteiger partial charge in [-0.15, -0.1) is 11.3 Å². The zero-order chi connectivity index (χ0) is 20.5. The second-order valence-corrected chi connectivity index (χ2v) is 8.98. The molecule has 0 aromatic carbocycles. The van der Waals surface area contributed by atoms with Crippen LogP contribution in [0.2, 0.25) is 0 Å². The van der Waals surface area contributed by atoms with E-state index in [1.54, 1.807) is 11.0 Å². The SMILES string of the molecule is CC(C)C(=O)N1CCCC[C@@H]1c1nc2c(c(=O)[nH]1)CN(C(=O)c1cccs1)CC2. The van der Waals surface area contributed by atoms with E-state index in [-0.39, 0.29) is 35.9 Å². The molecular weight excluding hydrogens is 388 g/mol. The lowest BCUT2D eigenvalue weighted by Gasteiger charge is -2.36. The maximum absolute atomic E-state index is 12.9. The second kappa shape index (κ2) is 8.10. The Morgan fingerprint density at radius 3 is 2.83 bits per heavy atom. The summed E-state index contributed by atoms with van der Waals surface area (Å²) in [6, 6.07) is 3.48. The zero-order valence-electron chi connectivity index (χ0n) is 16.8. The van der Waals surface area contributed by atoms with Crippen LogP contribution in [0.3, 0.4) is 0 Å². The first kappa shape index (κ1) is 19.8. The fraction of sp³-hybridized carbons (Fsp3) is 0.524. The molecule has 8 heteroatoms. The molecule has 2 aliphatic rings. The third-order valence-corrected chi connectivity index (χ3v) is 6.56. The van der Waals surface area contributed by atoms with Crippen LogP contribution in [0.25, 0.3) is 0 Å². The van der Waals surface area contributed by atoms with Crippen molar-refractivity contribution in [3.8, 4) is 0 Å². The molecule has 2 amide bonds. The zero-order valence-corrected chi connectivity index (χ0v) is 17.6. The quantitative estimate of drug-likeness (QED) is 0.837. The third kappa shape index (κ3) is 3.85. The fourth-order valence-corrected chi connectivity index (χ4v) is 4.83. The van der Waals surface area contributed by atoms with Gasteiger partial charge in [0, 0.05) is 25.4 Å². The van der Waals surface area contributed by atoms with E-state index in [0.717, 1.165) is 25.0 Å². The Balaban J connectivity index is 1.60. The maximum Gasteiger partial charge on any atom is 0.264 e. The van der Waals surface area contributed by atoms with E-state index >= 15 is 0 Å². The highest BCUT2D eigenvalue weighted by Crippen LogP contribution is 2.30. The number of nitrogens with zero attached hydrogens (tertiary/aromatic N) is 3. The Morgan fingerprint density at radius 1 is 1.28 bits per heavy atom. The summed E-state index contributed by atoms with van der Waals surface area (Å²) < 4.78 is 0. The van der Waals surface area contributed by atoms with Crippen molar-refractivity contribution in [2.24, 2.45) is 5.92 Å². The van der Waals surface area contributed by atoms with Crippen LogP contribution >= 0.6 is 11.3 Å². The lowest BCUT2D eigenvalue weighted by molar-refractivity contribution is -0.138. The topological polar surface area (TPSA) is 86.4 Å². The lowest BCUT2D eigenvalue weighted by atomic mass is 9.98. The van der Waals surface area contributed by atoms with Gasteiger partial charge in [0.05, 0.1) is 28.7 Å². The molecular formula is C21H26N4O3S. The lowest BCUT2D eigenvalue weighted by Crippen LogP contribution is -2.43. The number of fused-ring (bicyclic) bond motifs is 1. The third-order valence-electron chi connectivity index (χ3n) is 5.70. The van der Waals surface area contributed by atoms with E-state index < -0.39 is 0 Å². The number of aromatic amines is 1. The maximum atomic E-state index is 12.9. The van der Waals surface area contributed by atoms with Crippen molar-refractivity contribution in [2.75, 3.05) is 13.1 Å². The number of likely N-dealkylation sites (tertiary alicyclic amines) is 1. The van der Waals surface area contributed by atoms with Gasteiger partial charge < -0.3 is 14.8 Å². The number of rotatable bonds is 3. The molecule has 1 fully saturated rings. The first-order chi connectivity index (χ1) is 14.0. The Bertz CT molecular complexity index is 967. The molecule has 4 heterocycles. The minimum Gasteiger partial charge on any atom is -0.333 e. The van der Waals surface area contributed by atoms with Gasteiger partial charge in [-0.1, -0.05) is 19.9 Å². The summed E-state index contributed by atoms with van der Waals surface area (Å²) >= 11 is 1.41. The molecule has 2 aliphatic heterocycles. The van der Waals surface area contributed by atoms with E-state index in [1.807, 2.05) is 30.2 Å². The Labute approximate surface area is 173 Å². The highest BCUT2D eigenvalue weighted by molar-refractivity contribution is 7.12. The van der Waals surface area contributed by atoms with Gasteiger partial charge in [-0.3, -0.25) is 14.4 Å².